The minimum atomic E-state index is -0.583. The minimum absolute atomic E-state index is 0.0335. The molecule has 2 nitrogen and oxygen atoms in total. The summed E-state index contributed by atoms with van der Waals surface area (Å²) in [6.45, 7) is 0. The molecule has 0 spiro atoms. The first-order chi connectivity index (χ1) is 9.66. The molecule has 1 heterocycles. The zero-order chi connectivity index (χ0) is 14.1. The van der Waals surface area contributed by atoms with Gasteiger partial charge in [0.05, 0.1) is 5.56 Å². The van der Waals surface area contributed by atoms with Crippen LogP contribution in [0.2, 0.25) is 5.02 Å². The fraction of sp³-hybridized carbons (Fsp3) is 0. The highest BCUT2D eigenvalue weighted by Gasteiger charge is 2.16. The van der Waals surface area contributed by atoms with Crippen LogP contribution >= 0.6 is 11.6 Å². The molecule has 2 aromatic carbocycles. The lowest BCUT2D eigenvalue weighted by molar-refractivity contribution is 0.103. The summed E-state index contributed by atoms with van der Waals surface area (Å²) in [7, 11) is 0. The SMILES string of the molecule is O=C(c1cc(Cl)ccc1F)c1cccc2ccncc12. The number of aromatic nitrogens is 1. The third-order valence-electron chi connectivity index (χ3n) is 3.10. The molecule has 4 heteroatoms. The second kappa shape index (κ2) is 5.02. The fourth-order valence-corrected chi connectivity index (χ4v) is 2.30. The van der Waals surface area contributed by atoms with Gasteiger partial charge < -0.3 is 0 Å². The molecule has 3 aromatic rings. The topological polar surface area (TPSA) is 30.0 Å². The van der Waals surface area contributed by atoms with Gasteiger partial charge in [0, 0.05) is 28.4 Å². The third-order valence-corrected chi connectivity index (χ3v) is 3.34. The van der Waals surface area contributed by atoms with Crippen LogP contribution in [0.1, 0.15) is 15.9 Å². The number of benzene rings is 2. The summed E-state index contributed by atoms with van der Waals surface area (Å²) in [5.41, 5.74) is 0.380. The average Bonchev–Trinajstić information content (AvgIpc) is 2.48. The quantitative estimate of drug-likeness (QED) is 0.659. The number of fused-ring (bicyclic) bond motifs is 1. The van der Waals surface area contributed by atoms with E-state index in [0.29, 0.717) is 16.0 Å². The molecular formula is C16H9ClFNO. The number of nitrogens with zero attached hydrogens (tertiary/aromatic N) is 1. The molecule has 0 amide bonds. The van der Waals surface area contributed by atoms with Gasteiger partial charge in [-0.15, -0.1) is 0 Å². The second-order valence-electron chi connectivity index (χ2n) is 4.36. The third kappa shape index (κ3) is 2.17. The first-order valence-electron chi connectivity index (χ1n) is 5.99. The summed E-state index contributed by atoms with van der Waals surface area (Å²) >= 11 is 5.84. The summed E-state index contributed by atoms with van der Waals surface area (Å²) < 4.78 is 13.8. The summed E-state index contributed by atoms with van der Waals surface area (Å²) in [6.07, 6.45) is 3.25. The number of carbonyl (C=O) groups is 1. The van der Waals surface area contributed by atoms with Crippen molar-refractivity contribution in [3.63, 3.8) is 0 Å². The second-order valence-corrected chi connectivity index (χ2v) is 4.79. The van der Waals surface area contributed by atoms with Gasteiger partial charge in [-0.1, -0.05) is 29.8 Å². The van der Waals surface area contributed by atoms with Gasteiger partial charge in [0.15, 0.2) is 5.78 Å². The largest absolute Gasteiger partial charge is 0.288 e. The van der Waals surface area contributed by atoms with E-state index in [1.807, 2.05) is 6.07 Å². The number of ketones is 1. The van der Waals surface area contributed by atoms with Crippen LogP contribution < -0.4 is 0 Å². The molecule has 0 unspecified atom stereocenters. The molecule has 0 aliphatic carbocycles. The molecule has 0 aliphatic rings. The number of carbonyl (C=O) groups excluding carboxylic acids is 1. The number of pyridine rings is 1. The van der Waals surface area contributed by atoms with Crippen LogP contribution in [0, 0.1) is 5.82 Å². The molecule has 0 atom stereocenters. The van der Waals surface area contributed by atoms with Crippen LogP contribution in [0.4, 0.5) is 4.39 Å². The van der Waals surface area contributed by atoms with E-state index in [0.717, 1.165) is 5.39 Å². The Balaban J connectivity index is 2.20. The maximum Gasteiger partial charge on any atom is 0.196 e. The van der Waals surface area contributed by atoms with E-state index < -0.39 is 11.6 Å². The molecule has 3 rings (SSSR count). The highest BCUT2D eigenvalue weighted by molar-refractivity contribution is 6.31. The Hall–Kier alpha value is -2.26. The van der Waals surface area contributed by atoms with Crippen molar-refractivity contribution in [2.24, 2.45) is 0 Å². The molecule has 98 valence electrons. The van der Waals surface area contributed by atoms with Crippen LogP contribution in [-0.4, -0.2) is 10.8 Å². The normalized spacial score (nSPS) is 10.7. The Morgan fingerprint density at radius 3 is 2.80 bits per heavy atom. The predicted octanol–water partition coefficient (Wildman–Crippen LogP) is 4.26. The maximum absolute atomic E-state index is 13.8. The summed E-state index contributed by atoms with van der Waals surface area (Å²) in [6, 6.07) is 11.1. The predicted molar refractivity (Wildman–Crippen MR) is 76.6 cm³/mol. The lowest BCUT2D eigenvalue weighted by Gasteiger charge is -2.06. The van der Waals surface area contributed by atoms with Gasteiger partial charge in [0.2, 0.25) is 0 Å². The van der Waals surface area contributed by atoms with Crippen molar-refractivity contribution in [1.29, 1.82) is 0 Å². The van der Waals surface area contributed by atoms with Gasteiger partial charge >= 0.3 is 0 Å². The highest BCUT2D eigenvalue weighted by atomic mass is 35.5. The van der Waals surface area contributed by atoms with E-state index >= 15 is 0 Å². The summed E-state index contributed by atoms with van der Waals surface area (Å²) in [4.78, 5) is 16.5. The summed E-state index contributed by atoms with van der Waals surface area (Å²) in [5.74, 6) is -0.983. The van der Waals surface area contributed by atoms with E-state index in [4.69, 9.17) is 11.6 Å². The average molecular weight is 286 g/mol. The zero-order valence-electron chi connectivity index (χ0n) is 10.3. The number of hydrogen-bond acceptors (Lipinski definition) is 2. The van der Waals surface area contributed by atoms with Crippen molar-refractivity contribution >= 4 is 28.2 Å². The Morgan fingerprint density at radius 1 is 1.10 bits per heavy atom. The lowest BCUT2D eigenvalue weighted by Crippen LogP contribution is -2.05. The van der Waals surface area contributed by atoms with Gasteiger partial charge in [0.1, 0.15) is 5.82 Å². The molecule has 0 N–H and O–H groups in total. The molecular weight excluding hydrogens is 277 g/mol. The monoisotopic (exact) mass is 285 g/mol. The first kappa shape index (κ1) is 12.8. The van der Waals surface area contributed by atoms with Crippen LogP contribution in [0.25, 0.3) is 10.8 Å². The Labute approximate surface area is 119 Å². The van der Waals surface area contributed by atoms with Crippen LogP contribution in [0.3, 0.4) is 0 Å². The molecule has 0 fully saturated rings. The van der Waals surface area contributed by atoms with Gasteiger partial charge in [-0.3, -0.25) is 9.78 Å². The van der Waals surface area contributed by atoms with Crippen molar-refractivity contribution in [2.45, 2.75) is 0 Å². The lowest BCUT2D eigenvalue weighted by atomic mass is 9.98. The van der Waals surface area contributed by atoms with Crippen LogP contribution in [0.15, 0.2) is 54.9 Å². The molecule has 0 aliphatic heterocycles. The smallest absolute Gasteiger partial charge is 0.196 e. The number of halogens is 2. The molecule has 1 aromatic heterocycles. The number of hydrogen-bond donors (Lipinski definition) is 0. The van der Waals surface area contributed by atoms with E-state index in [1.165, 1.54) is 18.2 Å². The molecule has 20 heavy (non-hydrogen) atoms. The van der Waals surface area contributed by atoms with Crippen LogP contribution in [-0.2, 0) is 0 Å². The number of rotatable bonds is 2. The van der Waals surface area contributed by atoms with Crippen molar-refractivity contribution in [3.8, 4) is 0 Å². The molecule has 0 radical (unpaired) electrons. The van der Waals surface area contributed by atoms with Gasteiger partial charge in [0.25, 0.3) is 0 Å². The van der Waals surface area contributed by atoms with Crippen LogP contribution in [0.5, 0.6) is 0 Å². The molecule has 0 bridgehead atoms. The Morgan fingerprint density at radius 2 is 1.95 bits per heavy atom. The van der Waals surface area contributed by atoms with E-state index in [-0.39, 0.29) is 5.56 Å². The highest BCUT2D eigenvalue weighted by Crippen LogP contribution is 2.23. The molecule has 0 saturated heterocycles. The van der Waals surface area contributed by atoms with Crippen molar-refractivity contribution in [1.82, 2.24) is 4.98 Å². The zero-order valence-corrected chi connectivity index (χ0v) is 11.1. The van der Waals surface area contributed by atoms with E-state index in [1.54, 1.807) is 30.6 Å². The molecule has 0 saturated carbocycles. The van der Waals surface area contributed by atoms with Gasteiger partial charge in [-0.2, -0.15) is 0 Å². The van der Waals surface area contributed by atoms with Crippen molar-refractivity contribution in [2.75, 3.05) is 0 Å². The Kier molecular flexibility index (Phi) is 3.20. The first-order valence-corrected chi connectivity index (χ1v) is 6.37. The summed E-state index contributed by atoms with van der Waals surface area (Å²) in [5, 5.41) is 1.90. The van der Waals surface area contributed by atoms with Crippen molar-refractivity contribution < 1.29 is 9.18 Å². The standard InChI is InChI=1S/C16H9ClFNO/c17-11-4-5-15(18)13(8-11)16(20)12-3-1-2-10-6-7-19-9-14(10)12/h1-9H. The van der Waals surface area contributed by atoms with E-state index in [9.17, 15) is 9.18 Å². The van der Waals surface area contributed by atoms with Gasteiger partial charge in [-0.25, -0.2) is 4.39 Å². The minimum Gasteiger partial charge on any atom is -0.288 e. The fourth-order valence-electron chi connectivity index (χ4n) is 2.13. The maximum atomic E-state index is 13.8. The van der Waals surface area contributed by atoms with Crippen molar-refractivity contribution in [3.05, 3.63) is 76.8 Å². The van der Waals surface area contributed by atoms with E-state index in [2.05, 4.69) is 4.98 Å². The Bertz CT molecular complexity index is 811. The van der Waals surface area contributed by atoms with Gasteiger partial charge in [-0.05, 0) is 29.7 Å².